The van der Waals surface area contributed by atoms with Crippen LogP contribution in [0.2, 0.25) is 0 Å². The Bertz CT molecular complexity index is 780. The minimum atomic E-state index is -4.55. The van der Waals surface area contributed by atoms with Crippen molar-refractivity contribution < 1.29 is 13.2 Å². The van der Waals surface area contributed by atoms with Crippen LogP contribution in [0.1, 0.15) is 11.5 Å². The topological polar surface area (TPSA) is 69.6 Å². The first kappa shape index (κ1) is 13.3. The molecule has 2 heterocycles. The Labute approximate surface area is 117 Å². The van der Waals surface area contributed by atoms with Crippen LogP contribution in [0, 0.1) is 0 Å². The van der Waals surface area contributed by atoms with Gasteiger partial charge in [0.1, 0.15) is 6.33 Å². The third kappa shape index (κ3) is 2.51. The van der Waals surface area contributed by atoms with Gasteiger partial charge in [0.15, 0.2) is 0 Å². The van der Waals surface area contributed by atoms with Crippen LogP contribution in [0.4, 0.5) is 18.9 Å². The average molecular weight is 293 g/mol. The van der Waals surface area contributed by atoms with Crippen LogP contribution >= 0.6 is 0 Å². The molecule has 0 fully saturated rings. The molecule has 8 heteroatoms. The molecule has 0 radical (unpaired) electrons. The third-order valence-electron chi connectivity index (χ3n) is 2.99. The Balaban J connectivity index is 2.18. The van der Waals surface area contributed by atoms with Crippen LogP contribution in [-0.2, 0) is 12.7 Å². The van der Waals surface area contributed by atoms with Gasteiger partial charge in [0.25, 0.3) is 0 Å². The minimum Gasteiger partial charge on any atom is -0.399 e. The molecule has 3 rings (SSSR count). The maximum atomic E-state index is 13.1. The number of nitrogen functional groups attached to an aromatic ring is 1. The number of imidazole rings is 1. The van der Waals surface area contributed by atoms with E-state index in [1.807, 2.05) is 0 Å². The summed E-state index contributed by atoms with van der Waals surface area (Å²) in [4.78, 5) is 11.3. The number of hydrogen-bond donors (Lipinski definition) is 1. The van der Waals surface area contributed by atoms with Gasteiger partial charge in [0.2, 0.25) is 5.82 Å². The first-order valence-corrected chi connectivity index (χ1v) is 6.03. The minimum absolute atomic E-state index is 0.0439. The average Bonchev–Trinajstić information content (AvgIpc) is 2.78. The van der Waals surface area contributed by atoms with Gasteiger partial charge in [0, 0.05) is 11.9 Å². The zero-order valence-electron chi connectivity index (χ0n) is 10.7. The molecule has 5 nitrogen and oxygen atoms in total. The summed E-state index contributed by atoms with van der Waals surface area (Å²) in [6, 6.07) is 6.04. The van der Waals surface area contributed by atoms with Gasteiger partial charge in [-0.2, -0.15) is 13.2 Å². The smallest absolute Gasteiger partial charge is 0.399 e. The summed E-state index contributed by atoms with van der Waals surface area (Å²) in [6.07, 6.45) is -1.78. The number of halogens is 3. The van der Waals surface area contributed by atoms with E-state index in [-0.39, 0.29) is 12.1 Å². The van der Waals surface area contributed by atoms with Crippen molar-refractivity contribution in [1.29, 1.82) is 0 Å². The maximum absolute atomic E-state index is 13.1. The van der Waals surface area contributed by atoms with Gasteiger partial charge in [-0.15, -0.1) is 0 Å². The molecule has 0 aliphatic rings. The second-order valence-corrected chi connectivity index (χ2v) is 4.47. The number of benzene rings is 1. The molecule has 1 aromatic carbocycles. The third-order valence-corrected chi connectivity index (χ3v) is 2.99. The van der Waals surface area contributed by atoms with Crippen LogP contribution < -0.4 is 5.73 Å². The molecule has 0 amide bonds. The van der Waals surface area contributed by atoms with E-state index in [4.69, 9.17) is 5.73 Å². The number of nitrogens with two attached hydrogens (primary N) is 1. The Morgan fingerprint density at radius 3 is 2.67 bits per heavy atom. The molecule has 2 N–H and O–H groups in total. The number of rotatable bonds is 2. The lowest BCUT2D eigenvalue weighted by atomic mass is 10.3. The summed E-state index contributed by atoms with van der Waals surface area (Å²) >= 11 is 0. The molecule has 0 saturated carbocycles. The quantitative estimate of drug-likeness (QED) is 0.737. The molecule has 0 saturated heterocycles. The standard InChI is InChI=1S/C13H10F3N5/c14-13(15,16)12-20-10-5-8(17)1-2-11(10)21(12)6-9-3-4-18-7-19-9/h1-5,7H,6,17H2. The van der Waals surface area contributed by atoms with Gasteiger partial charge in [-0.3, -0.25) is 0 Å². The number of hydrogen-bond acceptors (Lipinski definition) is 4. The highest BCUT2D eigenvalue weighted by molar-refractivity contribution is 5.79. The van der Waals surface area contributed by atoms with Crippen molar-refractivity contribution in [2.45, 2.75) is 12.7 Å². The normalized spacial score (nSPS) is 12.0. The van der Waals surface area contributed by atoms with Crippen LogP contribution in [0.3, 0.4) is 0 Å². The first-order chi connectivity index (χ1) is 9.95. The van der Waals surface area contributed by atoms with E-state index in [0.29, 0.717) is 16.9 Å². The van der Waals surface area contributed by atoms with Gasteiger partial charge in [-0.1, -0.05) is 0 Å². The molecular formula is C13H10F3N5. The summed E-state index contributed by atoms with van der Waals surface area (Å²) in [5, 5.41) is 0. The number of alkyl halides is 3. The fraction of sp³-hybridized carbons (Fsp3) is 0.154. The van der Waals surface area contributed by atoms with Crippen molar-refractivity contribution in [2.24, 2.45) is 0 Å². The van der Waals surface area contributed by atoms with Crippen LogP contribution in [0.5, 0.6) is 0 Å². The van der Waals surface area contributed by atoms with Gasteiger partial charge in [-0.25, -0.2) is 15.0 Å². The largest absolute Gasteiger partial charge is 0.449 e. The van der Waals surface area contributed by atoms with Crippen molar-refractivity contribution in [2.75, 3.05) is 5.73 Å². The highest BCUT2D eigenvalue weighted by atomic mass is 19.4. The molecule has 0 atom stereocenters. The number of nitrogens with zero attached hydrogens (tertiary/aromatic N) is 4. The van der Waals surface area contributed by atoms with Gasteiger partial charge >= 0.3 is 6.18 Å². The molecule has 3 aromatic rings. The second kappa shape index (κ2) is 4.72. The molecule has 0 aliphatic heterocycles. The second-order valence-electron chi connectivity index (χ2n) is 4.47. The SMILES string of the molecule is Nc1ccc2c(c1)nc(C(F)(F)F)n2Cc1ccncn1. The summed E-state index contributed by atoms with van der Waals surface area (Å²) in [5.41, 5.74) is 6.98. The van der Waals surface area contributed by atoms with Crippen LogP contribution in [0.25, 0.3) is 11.0 Å². The predicted octanol–water partition coefficient (Wildman–Crippen LogP) is 2.48. The lowest BCUT2D eigenvalue weighted by Crippen LogP contribution is -2.16. The molecule has 0 spiro atoms. The Hall–Kier alpha value is -2.64. The highest BCUT2D eigenvalue weighted by Gasteiger charge is 2.37. The maximum Gasteiger partial charge on any atom is 0.449 e. The highest BCUT2D eigenvalue weighted by Crippen LogP contribution is 2.32. The van der Waals surface area contributed by atoms with E-state index in [0.717, 1.165) is 4.57 Å². The Morgan fingerprint density at radius 1 is 1.19 bits per heavy atom. The molecule has 21 heavy (non-hydrogen) atoms. The molecule has 2 aromatic heterocycles. The number of fused-ring (bicyclic) bond motifs is 1. The molecule has 108 valence electrons. The van der Waals surface area contributed by atoms with E-state index in [9.17, 15) is 13.2 Å². The summed E-state index contributed by atoms with van der Waals surface area (Å²) in [6.45, 7) is -0.0439. The molecule has 0 unspecified atom stereocenters. The van der Waals surface area contributed by atoms with E-state index in [1.54, 1.807) is 12.1 Å². The van der Waals surface area contributed by atoms with E-state index < -0.39 is 12.0 Å². The molecular weight excluding hydrogens is 283 g/mol. The monoisotopic (exact) mass is 293 g/mol. The Morgan fingerprint density at radius 2 is 2.00 bits per heavy atom. The van der Waals surface area contributed by atoms with Crippen molar-refractivity contribution in [1.82, 2.24) is 19.5 Å². The fourth-order valence-electron chi connectivity index (χ4n) is 2.10. The zero-order chi connectivity index (χ0) is 15.0. The van der Waals surface area contributed by atoms with Gasteiger partial charge < -0.3 is 10.3 Å². The van der Waals surface area contributed by atoms with Gasteiger partial charge in [0.05, 0.1) is 23.3 Å². The van der Waals surface area contributed by atoms with E-state index in [1.165, 1.54) is 24.7 Å². The van der Waals surface area contributed by atoms with E-state index >= 15 is 0 Å². The van der Waals surface area contributed by atoms with Crippen molar-refractivity contribution in [3.05, 3.63) is 48.3 Å². The summed E-state index contributed by atoms with van der Waals surface area (Å²) in [5.74, 6) is -0.971. The van der Waals surface area contributed by atoms with Crippen molar-refractivity contribution >= 4 is 16.7 Å². The fourth-order valence-corrected chi connectivity index (χ4v) is 2.10. The first-order valence-electron chi connectivity index (χ1n) is 6.03. The predicted molar refractivity (Wildman–Crippen MR) is 70.3 cm³/mol. The number of aromatic nitrogens is 4. The number of anilines is 1. The van der Waals surface area contributed by atoms with Crippen molar-refractivity contribution in [3.8, 4) is 0 Å². The summed E-state index contributed by atoms with van der Waals surface area (Å²) in [7, 11) is 0. The summed E-state index contributed by atoms with van der Waals surface area (Å²) < 4.78 is 40.5. The molecule has 0 bridgehead atoms. The van der Waals surface area contributed by atoms with Crippen LogP contribution in [-0.4, -0.2) is 19.5 Å². The van der Waals surface area contributed by atoms with Crippen LogP contribution in [0.15, 0.2) is 36.8 Å². The van der Waals surface area contributed by atoms with Crippen molar-refractivity contribution in [3.63, 3.8) is 0 Å². The molecule has 0 aliphatic carbocycles. The van der Waals surface area contributed by atoms with E-state index in [2.05, 4.69) is 15.0 Å². The van der Waals surface area contributed by atoms with Gasteiger partial charge in [-0.05, 0) is 24.3 Å². The lowest BCUT2D eigenvalue weighted by molar-refractivity contribution is -0.146. The zero-order valence-corrected chi connectivity index (χ0v) is 10.7. The Kier molecular flexibility index (Phi) is 3.00. The lowest BCUT2D eigenvalue weighted by Gasteiger charge is -2.10.